The number of hydrogen-bond acceptors (Lipinski definition) is 5. The Balaban J connectivity index is 1.84. The maximum Gasteiger partial charge on any atom is 0.453 e. The first-order valence-electron chi connectivity index (χ1n) is 10.3. The number of likely N-dealkylation sites (tertiary alicyclic amines) is 1. The van der Waals surface area contributed by atoms with Crippen molar-refractivity contribution in [1.82, 2.24) is 0 Å². The summed E-state index contributed by atoms with van der Waals surface area (Å²) in [6.45, 7) is 1.94. The first-order chi connectivity index (χ1) is 15.3. The van der Waals surface area contributed by atoms with E-state index in [1.54, 1.807) is 0 Å². The predicted molar refractivity (Wildman–Crippen MR) is 110 cm³/mol. The molecule has 2 heterocycles. The molecule has 32 heavy (non-hydrogen) atoms. The lowest BCUT2D eigenvalue weighted by Crippen LogP contribution is -3.11. The van der Waals surface area contributed by atoms with Gasteiger partial charge in [0.15, 0.2) is 5.58 Å². The molecular weight excluding hydrogens is 427 g/mol. The molecule has 0 saturated carbocycles. The molecule has 1 aromatic heterocycles. The largest absolute Gasteiger partial charge is 0.507 e. The number of fused-ring (bicyclic) bond motifs is 1. The van der Waals surface area contributed by atoms with Gasteiger partial charge in [-0.05, 0) is 55.7 Å². The Labute approximate surface area is 181 Å². The van der Waals surface area contributed by atoms with E-state index in [1.165, 1.54) is 43.5 Å². The summed E-state index contributed by atoms with van der Waals surface area (Å²) < 4.78 is 57.2. The number of hydrogen-bond donors (Lipinski definition) is 2. The second kappa shape index (κ2) is 8.74. The highest BCUT2D eigenvalue weighted by atomic mass is 19.4. The second-order valence-electron chi connectivity index (χ2n) is 7.79. The SMILES string of the molecule is COc1ccc(Oc2c(C(F)(F)F)oc3c(C[NH+]4CCCCC4)c(O)ccc3c2=O)cc1. The summed E-state index contributed by atoms with van der Waals surface area (Å²) in [5.41, 5.74) is -1.02. The summed E-state index contributed by atoms with van der Waals surface area (Å²) in [5, 5.41) is 10.3. The van der Waals surface area contributed by atoms with Crippen LogP contribution in [0.25, 0.3) is 11.0 Å². The number of aromatic hydroxyl groups is 1. The fraction of sp³-hybridized carbons (Fsp3) is 0.348. The quantitative estimate of drug-likeness (QED) is 0.617. The predicted octanol–water partition coefficient (Wildman–Crippen LogP) is 3.89. The van der Waals surface area contributed by atoms with Crippen LogP contribution in [0.15, 0.2) is 45.6 Å². The van der Waals surface area contributed by atoms with Crippen molar-refractivity contribution >= 4 is 11.0 Å². The number of rotatable bonds is 5. The maximum absolute atomic E-state index is 13.9. The number of piperidine rings is 1. The molecule has 170 valence electrons. The van der Waals surface area contributed by atoms with Gasteiger partial charge in [-0.15, -0.1) is 0 Å². The van der Waals surface area contributed by atoms with Crippen LogP contribution < -0.4 is 19.8 Å². The molecule has 0 radical (unpaired) electrons. The summed E-state index contributed by atoms with van der Waals surface area (Å²) in [7, 11) is 1.45. The zero-order valence-corrected chi connectivity index (χ0v) is 17.4. The van der Waals surface area contributed by atoms with Gasteiger partial charge in [0.1, 0.15) is 23.8 Å². The highest BCUT2D eigenvalue weighted by molar-refractivity contribution is 5.83. The van der Waals surface area contributed by atoms with Crippen molar-refractivity contribution < 1.29 is 37.1 Å². The maximum atomic E-state index is 13.9. The molecule has 0 unspecified atom stereocenters. The van der Waals surface area contributed by atoms with Crippen molar-refractivity contribution in [3.8, 4) is 23.0 Å². The van der Waals surface area contributed by atoms with Crippen LogP contribution >= 0.6 is 0 Å². The molecule has 1 aliphatic heterocycles. The Bertz CT molecular complexity index is 1170. The van der Waals surface area contributed by atoms with E-state index in [-0.39, 0.29) is 34.6 Å². The van der Waals surface area contributed by atoms with Crippen molar-refractivity contribution in [2.45, 2.75) is 32.0 Å². The number of nitrogens with one attached hydrogen (secondary N) is 1. The van der Waals surface area contributed by atoms with Crippen molar-refractivity contribution in [1.29, 1.82) is 0 Å². The molecule has 2 aromatic carbocycles. The highest BCUT2D eigenvalue weighted by Crippen LogP contribution is 2.39. The lowest BCUT2D eigenvalue weighted by molar-refractivity contribution is -0.918. The molecule has 0 atom stereocenters. The van der Waals surface area contributed by atoms with Gasteiger partial charge in [-0.3, -0.25) is 4.79 Å². The summed E-state index contributed by atoms with van der Waals surface area (Å²) in [5.74, 6) is -2.17. The van der Waals surface area contributed by atoms with Crippen molar-refractivity contribution in [2.24, 2.45) is 0 Å². The van der Waals surface area contributed by atoms with E-state index in [9.17, 15) is 23.1 Å². The molecule has 0 spiro atoms. The van der Waals surface area contributed by atoms with E-state index < -0.39 is 23.1 Å². The van der Waals surface area contributed by atoms with Crippen LogP contribution in [0.3, 0.4) is 0 Å². The van der Waals surface area contributed by atoms with Gasteiger partial charge in [0.05, 0.1) is 31.1 Å². The number of phenolic OH excluding ortho intramolecular Hbond substituents is 1. The number of alkyl halides is 3. The molecule has 0 bridgehead atoms. The van der Waals surface area contributed by atoms with Gasteiger partial charge in [-0.1, -0.05) is 0 Å². The molecule has 1 aliphatic rings. The van der Waals surface area contributed by atoms with Crippen molar-refractivity contribution in [3.05, 3.63) is 57.9 Å². The standard InChI is InChI=1S/C23H22F3NO5/c1-30-14-5-7-15(8-6-14)31-21-19(29)16-9-10-18(28)17(13-27-11-3-2-4-12-27)20(16)32-22(21)23(24,25)26/h5-10,28H,2-4,11-13H2,1H3/p+1. The van der Waals surface area contributed by atoms with E-state index in [0.717, 1.165) is 37.3 Å². The Kier molecular flexibility index (Phi) is 6.01. The van der Waals surface area contributed by atoms with E-state index in [0.29, 0.717) is 5.75 Å². The molecule has 4 rings (SSSR count). The van der Waals surface area contributed by atoms with E-state index in [1.807, 2.05) is 0 Å². The van der Waals surface area contributed by atoms with E-state index in [4.69, 9.17) is 13.9 Å². The highest BCUT2D eigenvalue weighted by Gasteiger charge is 2.41. The molecule has 0 aliphatic carbocycles. The smallest absolute Gasteiger partial charge is 0.453 e. The summed E-state index contributed by atoms with van der Waals surface area (Å²) in [6.07, 6.45) is -1.88. The first kappa shape index (κ1) is 22.0. The summed E-state index contributed by atoms with van der Waals surface area (Å²) in [4.78, 5) is 14.2. The lowest BCUT2D eigenvalue weighted by Gasteiger charge is -2.24. The minimum absolute atomic E-state index is 0.0275. The minimum Gasteiger partial charge on any atom is -0.507 e. The third kappa shape index (κ3) is 4.38. The first-order valence-corrected chi connectivity index (χ1v) is 10.3. The Hall–Kier alpha value is -3.20. The van der Waals surface area contributed by atoms with E-state index >= 15 is 0 Å². The molecule has 1 saturated heterocycles. The molecule has 6 nitrogen and oxygen atoms in total. The molecule has 9 heteroatoms. The Morgan fingerprint density at radius 3 is 2.31 bits per heavy atom. The summed E-state index contributed by atoms with van der Waals surface area (Å²) >= 11 is 0. The van der Waals surface area contributed by atoms with Gasteiger partial charge in [0, 0.05) is 0 Å². The Morgan fingerprint density at radius 2 is 1.69 bits per heavy atom. The molecule has 2 N–H and O–H groups in total. The zero-order valence-electron chi connectivity index (χ0n) is 17.4. The second-order valence-corrected chi connectivity index (χ2v) is 7.79. The number of methoxy groups -OCH3 is 1. The summed E-state index contributed by atoms with van der Waals surface area (Å²) in [6, 6.07) is 8.36. The van der Waals surface area contributed by atoms with Crippen LogP contribution in [-0.2, 0) is 12.7 Å². The lowest BCUT2D eigenvalue weighted by atomic mass is 10.1. The third-order valence-corrected chi connectivity index (χ3v) is 5.62. The minimum atomic E-state index is -4.98. The van der Waals surface area contributed by atoms with Crippen LogP contribution in [0.5, 0.6) is 23.0 Å². The fourth-order valence-corrected chi connectivity index (χ4v) is 3.98. The van der Waals surface area contributed by atoms with Gasteiger partial charge in [-0.25, -0.2) is 0 Å². The monoisotopic (exact) mass is 450 g/mol. The van der Waals surface area contributed by atoms with E-state index in [2.05, 4.69) is 0 Å². The number of phenols is 1. The van der Waals surface area contributed by atoms with Gasteiger partial charge in [0.2, 0.25) is 11.2 Å². The van der Waals surface area contributed by atoms with Crippen molar-refractivity contribution in [2.75, 3.05) is 20.2 Å². The number of benzene rings is 2. The number of ether oxygens (including phenoxy) is 2. The average molecular weight is 450 g/mol. The van der Waals surface area contributed by atoms with Gasteiger partial charge in [-0.2, -0.15) is 13.2 Å². The molecule has 0 amide bonds. The average Bonchev–Trinajstić information content (AvgIpc) is 2.78. The van der Waals surface area contributed by atoms with Crippen molar-refractivity contribution in [3.63, 3.8) is 0 Å². The number of halogens is 3. The van der Waals surface area contributed by atoms with Crippen LogP contribution in [0, 0.1) is 0 Å². The van der Waals surface area contributed by atoms with Gasteiger partial charge >= 0.3 is 6.18 Å². The van der Waals surface area contributed by atoms with Crippen LogP contribution in [0.4, 0.5) is 13.2 Å². The molecule has 1 fully saturated rings. The normalized spacial score (nSPS) is 15.1. The van der Waals surface area contributed by atoms with Crippen LogP contribution in [0.2, 0.25) is 0 Å². The van der Waals surface area contributed by atoms with Crippen LogP contribution in [0.1, 0.15) is 30.6 Å². The fourth-order valence-electron chi connectivity index (χ4n) is 3.98. The number of quaternary nitrogens is 1. The Morgan fingerprint density at radius 1 is 1.03 bits per heavy atom. The zero-order chi connectivity index (χ0) is 22.9. The van der Waals surface area contributed by atoms with Gasteiger partial charge in [0.25, 0.3) is 5.76 Å². The molecule has 3 aromatic rings. The van der Waals surface area contributed by atoms with Gasteiger partial charge < -0.3 is 23.9 Å². The van der Waals surface area contributed by atoms with Crippen LogP contribution in [-0.4, -0.2) is 25.3 Å². The topological polar surface area (TPSA) is 73.3 Å². The molecular formula is C23H23F3NO5+. The third-order valence-electron chi connectivity index (χ3n) is 5.62.